The summed E-state index contributed by atoms with van der Waals surface area (Å²) >= 11 is 3.39. The molecule has 16 heavy (non-hydrogen) atoms. The Morgan fingerprint density at radius 3 is 2.56 bits per heavy atom. The van der Waals surface area contributed by atoms with Gasteiger partial charge in [-0.05, 0) is 43.5 Å². The third kappa shape index (κ3) is 4.22. The normalized spacial score (nSPS) is 13.1. The standard InChI is InChI=1S/C13H19BrFN/c1-9(2)6-7-16-10(3)12-5-4-11(15)8-13(12)14/h4-5,8-10,16H,6-7H2,1-3H3. The van der Waals surface area contributed by atoms with Crippen LogP contribution in [-0.2, 0) is 0 Å². The molecule has 0 saturated heterocycles. The zero-order valence-corrected chi connectivity index (χ0v) is 11.6. The quantitative estimate of drug-likeness (QED) is 0.852. The summed E-state index contributed by atoms with van der Waals surface area (Å²) in [6.45, 7) is 7.50. The van der Waals surface area contributed by atoms with Gasteiger partial charge in [0.05, 0.1) is 0 Å². The van der Waals surface area contributed by atoms with Gasteiger partial charge in [-0.25, -0.2) is 4.39 Å². The smallest absolute Gasteiger partial charge is 0.124 e. The Morgan fingerprint density at radius 1 is 1.31 bits per heavy atom. The van der Waals surface area contributed by atoms with Crippen molar-refractivity contribution in [2.75, 3.05) is 6.54 Å². The van der Waals surface area contributed by atoms with Gasteiger partial charge in [0, 0.05) is 10.5 Å². The Bertz CT molecular complexity index is 339. The Labute approximate surface area is 106 Å². The second-order valence-electron chi connectivity index (χ2n) is 4.52. The van der Waals surface area contributed by atoms with Crippen LogP contribution in [0.25, 0.3) is 0 Å². The molecule has 0 amide bonds. The van der Waals surface area contributed by atoms with Crippen molar-refractivity contribution in [3.05, 3.63) is 34.1 Å². The van der Waals surface area contributed by atoms with Crippen LogP contribution >= 0.6 is 15.9 Å². The van der Waals surface area contributed by atoms with E-state index in [1.807, 2.05) is 6.07 Å². The van der Waals surface area contributed by atoms with E-state index < -0.39 is 0 Å². The van der Waals surface area contributed by atoms with E-state index in [1.165, 1.54) is 12.1 Å². The molecule has 0 fully saturated rings. The number of hydrogen-bond acceptors (Lipinski definition) is 1. The van der Waals surface area contributed by atoms with Crippen LogP contribution in [0.5, 0.6) is 0 Å². The van der Waals surface area contributed by atoms with E-state index in [9.17, 15) is 4.39 Å². The lowest BCUT2D eigenvalue weighted by molar-refractivity contribution is 0.496. The molecule has 1 unspecified atom stereocenters. The van der Waals surface area contributed by atoms with Gasteiger partial charge in [0.1, 0.15) is 5.82 Å². The fraction of sp³-hybridized carbons (Fsp3) is 0.538. The van der Waals surface area contributed by atoms with E-state index in [4.69, 9.17) is 0 Å². The number of halogens is 2. The maximum Gasteiger partial charge on any atom is 0.124 e. The van der Waals surface area contributed by atoms with Crippen molar-refractivity contribution in [2.24, 2.45) is 5.92 Å². The molecule has 0 heterocycles. The maximum absolute atomic E-state index is 12.9. The minimum atomic E-state index is -0.204. The van der Waals surface area contributed by atoms with Gasteiger partial charge in [-0.2, -0.15) is 0 Å². The molecule has 0 radical (unpaired) electrons. The molecular weight excluding hydrogens is 269 g/mol. The number of hydrogen-bond donors (Lipinski definition) is 1. The molecule has 0 bridgehead atoms. The van der Waals surface area contributed by atoms with Crippen molar-refractivity contribution in [2.45, 2.75) is 33.2 Å². The van der Waals surface area contributed by atoms with E-state index in [2.05, 4.69) is 42.0 Å². The molecule has 1 N–H and O–H groups in total. The van der Waals surface area contributed by atoms with Crippen LogP contribution in [0.3, 0.4) is 0 Å². The lowest BCUT2D eigenvalue weighted by Crippen LogP contribution is -2.21. The average Bonchev–Trinajstić information content (AvgIpc) is 2.16. The summed E-state index contributed by atoms with van der Waals surface area (Å²) in [5.41, 5.74) is 1.10. The largest absolute Gasteiger partial charge is 0.310 e. The summed E-state index contributed by atoms with van der Waals surface area (Å²) in [6, 6.07) is 5.08. The van der Waals surface area contributed by atoms with Crippen molar-refractivity contribution in [1.29, 1.82) is 0 Å². The van der Waals surface area contributed by atoms with E-state index in [-0.39, 0.29) is 11.9 Å². The molecule has 1 aromatic rings. The van der Waals surface area contributed by atoms with Gasteiger partial charge in [0.15, 0.2) is 0 Å². The highest BCUT2D eigenvalue weighted by atomic mass is 79.9. The number of nitrogens with one attached hydrogen (secondary N) is 1. The molecular formula is C13H19BrFN. The molecule has 1 atom stereocenters. The first-order chi connectivity index (χ1) is 7.50. The predicted octanol–water partition coefficient (Wildman–Crippen LogP) is 4.28. The molecule has 1 nitrogen and oxygen atoms in total. The van der Waals surface area contributed by atoms with E-state index in [1.54, 1.807) is 0 Å². The molecule has 1 aromatic carbocycles. The van der Waals surface area contributed by atoms with Crippen molar-refractivity contribution < 1.29 is 4.39 Å². The van der Waals surface area contributed by atoms with Gasteiger partial charge in [0.25, 0.3) is 0 Å². The van der Waals surface area contributed by atoms with Gasteiger partial charge in [-0.3, -0.25) is 0 Å². The summed E-state index contributed by atoms with van der Waals surface area (Å²) in [7, 11) is 0. The first kappa shape index (κ1) is 13.7. The van der Waals surface area contributed by atoms with Crippen molar-refractivity contribution >= 4 is 15.9 Å². The monoisotopic (exact) mass is 287 g/mol. The summed E-state index contributed by atoms with van der Waals surface area (Å²) in [5, 5.41) is 3.44. The summed E-state index contributed by atoms with van der Waals surface area (Å²) < 4.78 is 13.7. The van der Waals surface area contributed by atoms with E-state index >= 15 is 0 Å². The van der Waals surface area contributed by atoms with Crippen molar-refractivity contribution in [3.8, 4) is 0 Å². The Balaban J connectivity index is 2.55. The molecule has 0 aliphatic carbocycles. The Hall–Kier alpha value is -0.410. The van der Waals surface area contributed by atoms with Crippen molar-refractivity contribution in [1.82, 2.24) is 5.32 Å². The molecule has 0 spiro atoms. The van der Waals surface area contributed by atoms with Gasteiger partial charge >= 0.3 is 0 Å². The zero-order valence-electron chi connectivity index (χ0n) is 10.1. The molecule has 0 aliphatic rings. The van der Waals surface area contributed by atoms with Crippen LogP contribution in [0, 0.1) is 11.7 Å². The van der Waals surface area contributed by atoms with E-state index in [0.29, 0.717) is 5.92 Å². The zero-order chi connectivity index (χ0) is 12.1. The highest BCUT2D eigenvalue weighted by Gasteiger charge is 2.09. The lowest BCUT2D eigenvalue weighted by Gasteiger charge is -2.16. The van der Waals surface area contributed by atoms with Crippen LogP contribution in [-0.4, -0.2) is 6.54 Å². The fourth-order valence-electron chi connectivity index (χ4n) is 1.55. The highest BCUT2D eigenvalue weighted by molar-refractivity contribution is 9.10. The first-order valence-corrected chi connectivity index (χ1v) is 6.48. The molecule has 0 aliphatic heterocycles. The summed E-state index contributed by atoms with van der Waals surface area (Å²) in [6.07, 6.45) is 1.16. The SMILES string of the molecule is CC(C)CCNC(C)c1ccc(F)cc1Br. The molecule has 3 heteroatoms. The average molecular weight is 288 g/mol. The Kier molecular flexibility index (Phi) is 5.42. The van der Waals surface area contributed by atoms with Crippen LogP contribution in [0.1, 0.15) is 38.8 Å². The highest BCUT2D eigenvalue weighted by Crippen LogP contribution is 2.24. The topological polar surface area (TPSA) is 12.0 Å². The molecule has 0 aromatic heterocycles. The Morgan fingerprint density at radius 2 is 2.00 bits per heavy atom. The van der Waals surface area contributed by atoms with Crippen molar-refractivity contribution in [3.63, 3.8) is 0 Å². The molecule has 1 rings (SSSR count). The predicted molar refractivity (Wildman–Crippen MR) is 70.0 cm³/mol. The number of rotatable bonds is 5. The third-order valence-electron chi connectivity index (χ3n) is 2.60. The van der Waals surface area contributed by atoms with Crippen LogP contribution < -0.4 is 5.32 Å². The van der Waals surface area contributed by atoms with E-state index in [0.717, 1.165) is 23.0 Å². The maximum atomic E-state index is 12.9. The minimum absolute atomic E-state index is 0.204. The summed E-state index contributed by atoms with van der Waals surface area (Å²) in [5.74, 6) is 0.501. The lowest BCUT2D eigenvalue weighted by atomic mass is 10.1. The molecule has 0 saturated carbocycles. The first-order valence-electron chi connectivity index (χ1n) is 5.69. The number of benzene rings is 1. The van der Waals surface area contributed by atoms with Gasteiger partial charge in [-0.1, -0.05) is 35.8 Å². The van der Waals surface area contributed by atoms with Gasteiger partial charge in [0.2, 0.25) is 0 Å². The minimum Gasteiger partial charge on any atom is -0.310 e. The van der Waals surface area contributed by atoms with Crippen LogP contribution in [0.4, 0.5) is 4.39 Å². The second-order valence-corrected chi connectivity index (χ2v) is 5.38. The fourth-order valence-corrected chi connectivity index (χ4v) is 2.25. The van der Waals surface area contributed by atoms with Gasteiger partial charge in [-0.15, -0.1) is 0 Å². The summed E-state index contributed by atoms with van der Waals surface area (Å²) in [4.78, 5) is 0. The second kappa shape index (κ2) is 6.36. The third-order valence-corrected chi connectivity index (χ3v) is 3.29. The molecule has 90 valence electrons. The van der Waals surface area contributed by atoms with Crippen LogP contribution in [0.15, 0.2) is 22.7 Å². The van der Waals surface area contributed by atoms with Crippen LogP contribution in [0.2, 0.25) is 0 Å². The van der Waals surface area contributed by atoms with Gasteiger partial charge < -0.3 is 5.32 Å².